The van der Waals surface area contributed by atoms with Gasteiger partial charge in [0.2, 0.25) is 0 Å². The van der Waals surface area contributed by atoms with Crippen LogP contribution in [0.5, 0.6) is 5.75 Å². The van der Waals surface area contributed by atoms with Crippen molar-refractivity contribution in [2.45, 2.75) is 58.4 Å². The van der Waals surface area contributed by atoms with E-state index in [2.05, 4.69) is 31.4 Å². The van der Waals surface area contributed by atoms with Crippen LogP contribution in [-0.4, -0.2) is 37.2 Å². The van der Waals surface area contributed by atoms with E-state index >= 15 is 0 Å². The van der Waals surface area contributed by atoms with E-state index in [0.29, 0.717) is 17.6 Å². The molecule has 1 aromatic rings. The molecule has 0 heterocycles. The Bertz CT molecular complexity index is 672. The molecule has 0 aromatic heterocycles. The number of benzene rings is 1. The summed E-state index contributed by atoms with van der Waals surface area (Å²) in [5.74, 6) is 0.00186. The van der Waals surface area contributed by atoms with Crippen molar-refractivity contribution in [2.24, 2.45) is 5.92 Å². The minimum atomic E-state index is -0.676. The number of esters is 1. The molecule has 0 radical (unpaired) electrons. The van der Waals surface area contributed by atoms with Crippen molar-refractivity contribution < 1.29 is 23.9 Å². The first-order valence-corrected chi connectivity index (χ1v) is 9.84. The van der Waals surface area contributed by atoms with Gasteiger partial charge in [0.1, 0.15) is 5.75 Å². The monoisotopic (exact) mass is 390 g/mol. The van der Waals surface area contributed by atoms with Gasteiger partial charge in [-0.3, -0.25) is 10.1 Å². The zero-order valence-electron chi connectivity index (χ0n) is 16.8. The topological polar surface area (TPSA) is 93.7 Å². The van der Waals surface area contributed by atoms with Gasteiger partial charge in [0.05, 0.1) is 0 Å². The molecule has 154 valence electrons. The summed E-state index contributed by atoms with van der Waals surface area (Å²) >= 11 is 0. The standard InChI is InChI=1S/C21H30N2O5/c1-14(2)16-8-10-17(11-9-16)27-13-20(25)28-12-19(24)23-21(26)22-18-7-5-4-6-15(18)3/h8-11,14-15,18H,4-7,12-13H2,1-3H3,(H2,22,23,24,26)/t15-,18+/m1/s1. The SMILES string of the molecule is CC(C)c1ccc(OCC(=O)OCC(=O)NC(=O)N[C@H]2CCCC[C@H]2C)cc1. The molecule has 3 amide bonds. The lowest BCUT2D eigenvalue weighted by Gasteiger charge is -2.29. The van der Waals surface area contributed by atoms with Crippen LogP contribution >= 0.6 is 0 Å². The first-order valence-electron chi connectivity index (χ1n) is 9.84. The van der Waals surface area contributed by atoms with Gasteiger partial charge >= 0.3 is 12.0 Å². The molecule has 1 aliphatic carbocycles. The molecule has 7 heteroatoms. The lowest BCUT2D eigenvalue weighted by atomic mass is 9.86. The summed E-state index contributed by atoms with van der Waals surface area (Å²) in [6.07, 6.45) is 4.21. The number of urea groups is 1. The van der Waals surface area contributed by atoms with Crippen LogP contribution in [0.15, 0.2) is 24.3 Å². The third kappa shape index (κ3) is 7.21. The Morgan fingerprint density at radius 1 is 1.07 bits per heavy atom. The molecule has 1 aliphatic rings. The van der Waals surface area contributed by atoms with Gasteiger partial charge in [0.25, 0.3) is 5.91 Å². The molecular formula is C21H30N2O5. The number of imide groups is 1. The summed E-state index contributed by atoms with van der Waals surface area (Å²) in [6, 6.07) is 6.95. The molecular weight excluding hydrogens is 360 g/mol. The predicted octanol–water partition coefficient (Wildman–Crippen LogP) is 3.14. The molecule has 1 saturated carbocycles. The fourth-order valence-electron chi connectivity index (χ4n) is 3.18. The van der Waals surface area contributed by atoms with Gasteiger partial charge in [-0.2, -0.15) is 0 Å². The Kier molecular flexibility index (Phi) is 8.29. The molecule has 2 rings (SSSR count). The highest BCUT2D eigenvalue weighted by Crippen LogP contribution is 2.23. The first-order chi connectivity index (χ1) is 13.3. The van der Waals surface area contributed by atoms with Crippen molar-refractivity contribution in [3.05, 3.63) is 29.8 Å². The molecule has 0 unspecified atom stereocenters. The second-order valence-electron chi connectivity index (χ2n) is 7.56. The van der Waals surface area contributed by atoms with Crippen LogP contribution in [0.25, 0.3) is 0 Å². The number of rotatable bonds is 7. The van der Waals surface area contributed by atoms with E-state index in [4.69, 9.17) is 9.47 Å². The Balaban J connectivity index is 1.64. The quantitative estimate of drug-likeness (QED) is 0.698. The second kappa shape index (κ2) is 10.7. The normalized spacial score (nSPS) is 19.0. The van der Waals surface area contributed by atoms with Crippen molar-refractivity contribution in [3.8, 4) is 5.75 Å². The minimum absolute atomic E-state index is 0.0691. The van der Waals surface area contributed by atoms with E-state index in [1.54, 1.807) is 12.1 Å². The highest BCUT2D eigenvalue weighted by molar-refractivity contribution is 5.95. The zero-order valence-corrected chi connectivity index (χ0v) is 16.8. The smallest absolute Gasteiger partial charge is 0.344 e. The molecule has 2 N–H and O–H groups in total. The Labute approximate surface area is 166 Å². The maximum absolute atomic E-state index is 11.9. The molecule has 28 heavy (non-hydrogen) atoms. The van der Waals surface area contributed by atoms with Crippen LogP contribution in [0.3, 0.4) is 0 Å². The van der Waals surface area contributed by atoms with Gasteiger partial charge in [-0.15, -0.1) is 0 Å². The fraction of sp³-hybridized carbons (Fsp3) is 0.571. The van der Waals surface area contributed by atoms with Crippen molar-refractivity contribution in [1.82, 2.24) is 10.6 Å². The Hall–Kier alpha value is -2.57. The van der Waals surface area contributed by atoms with Crippen LogP contribution in [0, 0.1) is 5.92 Å². The number of amides is 3. The first kappa shape index (κ1) is 21.7. The molecule has 0 saturated heterocycles. The van der Waals surface area contributed by atoms with Gasteiger partial charge in [-0.25, -0.2) is 9.59 Å². The minimum Gasteiger partial charge on any atom is -0.482 e. The third-order valence-corrected chi connectivity index (χ3v) is 4.95. The number of carbonyl (C=O) groups is 3. The van der Waals surface area contributed by atoms with E-state index in [-0.39, 0.29) is 12.6 Å². The summed E-state index contributed by atoms with van der Waals surface area (Å²) in [4.78, 5) is 35.4. The van der Waals surface area contributed by atoms with E-state index in [1.807, 2.05) is 12.1 Å². The Morgan fingerprint density at radius 3 is 2.39 bits per heavy atom. The highest BCUT2D eigenvalue weighted by atomic mass is 16.6. The number of hydrogen-bond acceptors (Lipinski definition) is 5. The maximum atomic E-state index is 11.9. The van der Waals surface area contributed by atoms with Crippen molar-refractivity contribution in [2.75, 3.05) is 13.2 Å². The third-order valence-electron chi connectivity index (χ3n) is 4.95. The lowest BCUT2D eigenvalue weighted by Crippen LogP contribution is -2.48. The molecule has 7 nitrogen and oxygen atoms in total. The van der Waals surface area contributed by atoms with Crippen molar-refractivity contribution in [1.29, 1.82) is 0 Å². The van der Waals surface area contributed by atoms with Crippen molar-refractivity contribution >= 4 is 17.9 Å². The largest absolute Gasteiger partial charge is 0.482 e. The molecule has 1 aromatic carbocycles. The van der Waals surface area contributed by atoms with Crippen LogP contribution in [-0.2, 0) is 14.3 Å². The van der Waals surface area contributed by atoms with Crippen LogP contribution < -0.4 is 15.4 Å². The summed E-state index contributed by atoms with van der Waals surface area (Å²) in [5.41, 5.74) is 1.17. The number of nitrogens with one attached hydrogen (secondary N) is 2. The number of hydrogen-bond donors (Lipinski definition) is 2. The average Bonchev–Trinajstić information content (AvgIpc) is 2.66. The summed E-state index contributed by atoms with van der Waals surface area (Å²) < 4.78 is 10.2. The van der Waals surface area contributed by atoms with Gasteiger partial charge in [0, 0.05) is 6.04 Å². The average molecular weight is 390 g/mol. The fourth-order valence-corrected chi connectivity index (χ4v) is 3.18. The number of ether oxygens (including phenoxy) is 2. The highest BCUT2D eigenvalue weighted by Gasteiger charge is 2.23. The molecule has 0 bridgehead atoms. The van der Waals surface area contributed by atoms with Crippen LogP contribution in [0.1, 0.15) is 57.9 Å². The van der Waals surface area contributed by atoms with Crippen molar-refractivity contribution in [3.63, 3.8) is 0 Å². The van der Waals surface area contributed by atoms with E-state index < -0.39 is 24.5 Å². The summed E-state index contributed by atoms with van der Waals surface area (Å²) in [7, 11) is 0. The molecule has 0 aliphatic heterocycles. The van der Waals surface area contributed by atoms with Gasteiger partial charge in [-0.1, -0.05) is 45.7 Å². The summed E-state index contributed by atoms with van der Waals surface area (Å²) in [6.45, 7) is 5.44. The predicted molar refractivity (Wildman–Crippen MR) is 105 cm³/mol. The Morgan fingerprint density at radius 2 is 1.75 bits per heavy atom. The van der Waals surface area contributed by atoms with Gasteiger partial charge in [-0.05, 0) is 42.4 Å². The van der Waals surface area contributed by atoms with E-state index in [1.165, 1.54) is 12.0 Å². The van der Waals surface area contributed by atoms with Crippen LogP contribution in [0.4, 0.5) is 4.79 Å². The number of carbonyl (C=O) groups excluding carboxylic acids is 3. The van der Waals surface area contributed by atoms with Gasteiger partial charge in [0.15, 0.2) is 13.2 Å². The lowest BCUT2D eigenvalue weighted by molar-refractivity contribution is -0.150. The molecule has 1 fully saturated rings. The zero-order chi connectivity index (χ0) is 20.5. The second-order valence-corrected chi connectivity index (χ2v) is 7.56. The van der Waals surface area contributed by atoms with Gasteiger partial charge < -0.3 is 14.8 Å². The summed E-state index contributed by atoms with van der Waals surface area (Å²) in [5, 5.41) is 5.00. The van der Waals surface area contributed by atoms with Crippen LogP contribution in [0.2, 0.25) is 0 Å². The maximum Gasteiger partial charge on any atom is 0.344 e. The van der Waals surface area contributed by atoms with E-state index in [9.17, 15) is 14.4 Å². The van der Waals surface area contributed by atoms with E-state index in [0.717, 1.165) is 19.3 Å². The molecule has 0 spiro atoms. The molecule has 2 atom stereocenters.